The van der Waals surface area contributed by atoms with Crippen molar-refractivity contribution in [3.05, 3.63) is 35.6 Å². The molecule has 0 heterocycles. The van der Waals surface area contributed by atoms with Crippen LogP contribution in [0, 0.1) is 11.7 Å². The molecule has 0 bridgehead atoms. The van der Waals surface area contributed by atoms with Crippen molar-refractivity contribution in [1.29, 1.82) is 0 Å². The van der Waals surface area contributed by atoms with Gasteiger partial charge >= 0.3 is 6.09 Å². The van der Waals surface area contributed by atoms with E-state index >= 15 is 0 Å². The third-order valence-electron chi connectivity index (χ3n) is 3.34. The van der Waals surface area contributed by atoms with Crippen molar-refractivity contribution in [3.8, 4) is 0 Å². The minimum absolute atomic E-state index is 0.137. The predicted octanol–water partition coefficient (Wildman–Crippen LogP) is 2.64. The van der Waals surface area contributed by atoms with Gasteiger partial charge in [0.05, 0.1) is 7.11 Å². The van der Waals surface area contributed by atoms with Crippen molar-refractivity contribution in [1.82, 2.24) is 10.6 Å². The monoisotopic (exact) mass is 324 g/mol. The summed E-state index contributed by atoms with van der Waals surface area (Å²) < 4.78 is 17.5. The summed E-state index contributed by atoms with van der Waals surface area (Å²) in [6.45, 7) is 5.81. The van der Waals surface area contributed by atoms with E-state index in [-0.39, 0.29) is 23.7 Å². The predicted molar refractivity (Wildman–Crippen MR) is 86.5 cm³/mol. The second-order valence-corrected chi connectivity index (χ2v) is 6.06. The second-order valence-electron chi connectivity index (χ2n) is 6.06. The molecule has 1 aromatic carbocycles. The Hall–Kier alpha value is -2.11. The van der Waals surface area contributed by atoms with Crippen LogP contribution in [0.15, 0.2) is 24.3 Å². The number of halogens is 1. The molecule has 5 nitrogen and oxygen atoms in total. The van der Waals surface area contributed by atoms with Crippen molar-refractivity contribution < 1.29 is 18.7 Å². The molecule has 0 spiro atoms. The molecule has 1 rings (SSSR count). The maximum Gasteiger partial charge on any atom is 0.407 e. The molecule has 0 aliphatic rings. The van der Waals surface area contributed by atoms with E-state index in [4.69, 9.17) is 0 Å². The van der Waals surface area contributed by atoms with E-state index in [2.05, 4.69) is 15.4 Å². The molecule has 2 amide bonds. The average Bonchev–Trinajstić information content (AvgIpc) is 2.48. The summed E-state index contributed by atoms with van der Waals surface area (Å²) >= 11 is 0. The maximum atomic E-state index is 12.9. The molecule has 2 N–H and O–H groups in total. The van der Waals surface area contributed by atoms with Crippen LogP contribution >= 0.6 is 0 Å². The first-order valence-electron chi connectivity index (χ1n) is 7.71. The number of alkyl carbamates (subject to hydrolysis) is 1. The zero-order chi connectivity index (χ0) is 17.4. The smallest absolute Gasteiger partial charge is 0.407 e. The van der Waals surface area contributed by atoms with E-state index in [0.29, 0.717) is 12.8 Å². The molecule has 6 heteroatoms. The van der Waals surface area contributed by atoms with Gasteiger partial charge in [0.2, 0.25) is 5.91 Å². The van der Waals surface area contributed by atoms with E-state index in [9.17, 15) is 14.0 Å². The summed E-state index contributed by atoms with van der Waals surface area (Å²) in [5, 5.41) is 5.43. The first kappa shape index (κ1) is 18.9. The maximum absolute atomic E-state index is 12.9. The Labute approximate surface area is 136 Å². The van der Waals surface area contributed by atoms with Crippen molar-refractivity contribution in [3.63, 3.8) is 0 Å². The van der Waals surface area contributed by atoms with E-state index in [0.717, 1.165) is 5.56 Å². The van der Waals surface area contributed by atoms with Crippen molar-refractivity contribution in [2.24, 2.45) is 5.92 Å². The van der Waals surface area contributed by atoms with Crippen LogP contribution < -0.4 is 10.6 Å². The zero-order valence-corrected chi connectivity index (χ0v) is 14.1. The van der Waals surface area contributed by atoms with E-state index in [1.807, 2.05) is 20.8 Å². The SMILES string of the molecule is COC(=O)N[C@@H](CC(C)C)C(=O)N[C@H](C)Cc1ccc(F)cc1. The van der Waals surface area contributed by atoms with Gasteiger partial charge in [-0.3, -0.25) is 4.79 Å². The summed E-state index contributed by atoms with van der Waals surface area (Å²) in [6, 6.07) is 5.39. The Bertz CT molecular complexity index is 517. The topological polar surface area (TPSA) is 67.4 Å². The van der Waals surface area contributed by atoms with Crippen LogP contribution in [0.5, 0.6) is 0 Å². The highest BCUT2D eigenvalue weighted by molar-refractivity contribution is 5.85. The van der Waals surface area contributed by atoms with Gasteiger partial charge in [-0.25, -0.2) is 9.18 Å². The van der Waals surface area contributed by atoms with Gasteiger partial charge in [-0.05, 0) is 43.4 Å². The largest absolute Gasteiger partial charge is 0.453 e. The van der Waals surface area contributed by atoms with Gasteiger partial charge in [-0.2, -0.15) is 0 Å². The number of methoxy groups -OCH3 is 1. The number of hydrogen-bond acceptors (Lipinski definition) is 3. The van der Waals surface area contributed by atoms with Crippen LogP contribution in [0.1, 0.15) is 32.8 Å². The van der Waals surface area contributed by atoms with Gasteiger partial charge in [-0.15, -0.1) is 0 Å². The summed E-state index contributed by atoms with van der Waals surface area (Å²) in [5.74, 6) is -0.293. The average molecular weight is 324 g/mol. The first-order chi connectivity index (χ1) is 10.8. The number of benzene rings is 1. The molecule has 0 fully saturated rings. The van der Waals surface area contributed by atoms with Crippen molar-refractivity contribution in [2.45, 2.75) is 45.7 Å². The number of hydrogen-bond donors (Lipinski definition) is 2. The van der Waals surface area contributed by atoms with E-state index < -0.39 is 12.1 Å². The number of carbonyl (C=O) groups is 2. The minimum atomic E-state index is -0.641. The Morgan fingerprint density at radius 1 is 1.13 bits per heavy atom. The van der Waals surface area contributed by atoms with Crippen molar-refractivity contribution in [2.75, 3.05) is 7.11 Å². The molecule has 0 aliphatic heterocycles. The number of rotatable bonds is 7. The highest BCUT2D eigenvalue weighted by atomic mass is 19.1. The molecule has 0 saturated carbocycles. The number of carbonyl (C=O) groups excluding carboxylic acids is 2. The highest BCUT2D eigenvalue weighted by Gasteiger charge is 2.23. The van der Waals surface area contributed by atoms with Gasteiger partial charge in [0, 0.05) is 6.04 Å². The number of nitrogens with one attached hydrogen (secondary N) is 2. The van der Waals surface area contributed by atoms with E-state index in [1.165, 1.54) is 19.2 Å². The summed E-state index contributed by atoms with van der Waals surface area (Å²) in [6.07, 6.45) is 0.472. The van der Waals surface area contributed by atoms with Gasteiger partial charge in [0.25, 0.3) is 0 Å². The zero-order valence-electron chi connectivity index (χ0n) is 14.1. The fourth-order valence-corrected chi connectivity index (χ4v) is 2.27. The van der Waals surface area contributed by atoms with Crippen LogP contribution in [0.25, 0.3) is 0 Å². The molecule has 23 heavy (non-hydrogen) atoms. The van der Waals surface area contributed by atoms with Gasteiger partial charge < -0.3 is 15.4 Å². The lowest BCUT2D eigenvalue weighted by molar-refractivity contribution is -0.124. The normalized spacial score (nSPS) is 13.3. The van der Waals surface area contributed by atoms with E-state index in [1.54, 1.807) is 12.1 Å². The Balaban J connectivity index is 2.61. The lowest BCUT2D eigenvalue weighted by Gasteiger charge is -2.22. The molecule has 2 atom stereocenters. The molecule has 0 aliphatic carbocycles. The lowest BCUT2D eigenvalue weighted by atomic mass is 10.0. The molecule has 0 saturated heterocycles. The Kier molecular flexibility index (Phi) is 7.51. The molecular formula is C17H25FN2O3. The highest BCUT2D eigenvalue weighted by Crippen LogP contribution is 2.08. The first-order valence-corrected chi connectivity index (χ1v) is 7.71. The Morgan fingerprint density at radius 3 is 2.26 bits per heavy atom. The number of ether oxygens (including phenoxy) is 1. The van der Waals surface area contributed by atoms with Crippen LogP contribution in [0.4, 0.5) is 9.18 Å². The van der Waals surface area contributed by atoms with Gasteiger partial charge in [0.15, 0.2) is 0 Å². The molecule has 0 aromatic heterocycles. The lowest BCUT2D eigenvalue weighted by Crippen LogP contribution is -2.50. The third kappa shape index (κ3) is 7.13. The van der Waals surface area contributed by atoms with Crippen LogP contribution in [-0.4, -0.2) is 31.2 Å². The Morgan fingerprint density at radius 2 is 1.74 bits per heavy atom. The molecular weight excluding hydrogens is 299 g/mol. The summed E-state index contributed by atoms with van der Waals surface area (Å²) in [5.41, 5.74) is 0.931. The second kappa shape index (κ2) is 9.12. The standard InChI is InChI=1S/C17H25FN2O3/c1-11(2)9-15(20-17(22)23-4)16(21)19-12(3)10-13-5-7-14(18)8-6-13/h5-8,11-12,15H,9-10H2,1-4H3,(H,19,21)(H,20,22)/t12-,15+/m1/s1. The van der Waals surface area contributed by atoms with Crippen LogP contribution in [-0.2, 0) is 16.0 Å². The fraction of sp³-hybridized carbons (Fsp3) is 0.529. The van der Waals surface area contributed by atoms with Crippen LogP contribution in [0.2, 0.25) is 0 Å². The van der Waals surface area contributed by atoms with Crippen LogP contribution in [0.3, 0.4) is 0 Å². The number of amides is 2. The fourth-order valence-electron chi connectivity index (χ4n) is 2.27. The third-order valence-corrected chi connectivity index (χ3v) is 3.34. The molecule has 0 unspecified atom stereocenters. The molecule has 128 valence electrons. The minimum Gasteiger partial charge on any atom is -0.453 e. The molecule has 1 aromatic rings. The quantitative estimate of drug-likeness (QED) is 0.810. The molecule has 0 radical (unpaired) electrons. The summed E-state index contributed by atoms with van der Waals surface area (Å²) in [7, 11) is 1.26. The van der Waals surface area contributed by atoms with Gasteiger partial charge in [-0.1, -0.05) is 26.0 Å². The van der Waals surface area contributed by atoms with Gasteiger partial charge in [0.1, 0.15) is 11.9 Å². The summed E-state index contributed by atoms with van der Waals surface area (Å²) in [4.78, 5) is 23.7. The van der Waals surface area contributed by atoms with Crippen molar-refractivity contribution >= 4 is 12.0 Å².